The highest BCUT2D eigenvalue weighted by Gasteiger charge is 2.23. The third-order valence-corrected chi connectivity index (χ3v) is 4.03. The summed E-state index contributed by atoms with van der Waals surface area (Å²) in [7, 11) is 0. The van der Waals surface area contributed by atoms with Gasteiger partial charge in [-0.05, 0) is 37.1 Å². The Kier molecular flexibility index (Phi) is 4.70. The first-order valence-corrected chi connectivity index (χ1v) is 7.76. The molecule has 116 valence electrons. The van der Waals surface area contributed by atoms with Crippen molar-refractivity contribution in [1.82, 2.24) is 4.90 Å². The quantitative estimate of drug-likeness (QED) is 0.494. The van der Waals surface area contributed by atoms with Crippen LogP contribution in [-0.2, 0) is 6.54 Å². The first-order valence-electron chi connectivity index (χ1n) is 7.76. The molecule has 2 aromatic carbocycles. The van der Waals surface area contributed by atoms with E-state index < -0.39 is 0 Å². The van der Waals surface area contributed by atoms with Gasteiger partial charge in [0.15, 0.2) is 0 Å². The van der Waals surface area contributed by atoms with E-state index >= 15 is 0 Å². The predicted molar refractivity (Wildman–Crippen MR) is 89.8 cm³/mol. The zero-order valence-electron chi connectivity index (χ0n) is 12.8. The second-order valence-electron chi connectivity index (χ2n) is 5.69. The monoisotopic (exact) mass is 306 g/mol. The number of rotatable bonds is 3. The zero-order chi connectivity index (χ0) is 16.1. The number of non-ortho nitro benzene ring substituents is 1. The molecule has 2 aromatic rings. The van der Waals surface area contributed by atoms with Gasteiger partial charge in [0, 0.05) is 24.2 Å². The molecule has 0 spiro atoms. The van der Waals surface area contributed by atoms with Crippen molar-refractivity contribution in [2.24, 2.45) is 0 Å². The average molecular weight is 306 g/mol. The molecule has 0 saturated carbocycles. The number of likely N-dealkylation sites (tertiary alicyclic amines) is 1. The smallest absolute Gasteiger partial charge is 0.269 e. The Labute approximate surface area is 135 Å². The van der Waals surface area contributed by atoms with Crippen molar-refractivity contribution in [3.63, 3.8) is 0 Å². The molecule has 1 atom stereocenters. The summed E-state index contributed by atoms with van der Waals surface area (Å²) in [6, 6.07) is 17.0. The van der Waals surface area contributed by atoms with Gasteiger partial charge in [-0.2, -0.15) is 0 Å². The van der Waals surface area contributed by atoms with Gasteiger partial charge >= 0.3 is 0 Å². The van der Waals surface area contributed by atoms with E-state index in [0.717, 1.165) is 30.5 Å². The van der Waals surface area contributed by atoms with Crippen LogP contribution in [0.15, 0.2) is 54.6 Å². The lowest BCUT2D eigenvalue weighted by Gasteiger charge is -2.20. The Hall–Kier alpha value is -2.64. The number of hydrogen-bond donors (Lipinski definition) is 0. The van der Waals surface area contributed by atoms with Gasteiger partial charge < -0.3 is 0 Å². The first-order chi connectivity index (χ1) is 11.2. The van der Waals surface area contributed by atoms with Crippen molar-refractivity contribution < 1.29 is 4.92 Å². The topological polar surface area (TPSA) is 46.4 Å². The maximum Gasteiger partial charge on any atom is 0.269 e. The molecule has 23 heavy (non-hydrogen) atoms. The van der Waals surface area contributed by atoms with Crippen molar-refractivity contribution in [3.8, 4) is 11.8 Å². The molecule has 1 unspecified atom stereocenters. The van der Waals surface area contributed by atoms with Crippen LogP contribution in [-0.4, -0.2) is 22.4 Å². The van der Waals surface area contributed by atoms with Crippen LogP contribution in [0.1, 0.15) is 24.0 Å². The van der Waals surface area contributed by atoms with Gasteiger partial charge in [-0.25, -0.2) is 0 Å². The molecule has 4 heteroatoms. The van der Waals surface area contributed by atoms with Crippen molar-refractivity contribution in [2.75, 3.05) is 6.54 Å². The molecule has 0 aliphatic carbocycles. The van der Waals surface area contributed by atoms with Crippen molar-refractivity contribution in [1.29, 1.82) is 0 Å². The van der Waals surface area contributed by atoms with E-state index in [9.17, 15) is 10.1 Å². The minimum Gasteiger partial charge on any atom is -0.285 e. The molecule has 1 aliphatic rings. The van der Waals surface area contributed by atoms with Crippen LogP contribution in [0.4, 0.5) is 5.69 Å². The molecule has 0 aromatic heterocycles. The zero-order valence-corrected chi connectivity index (χ0v) is 12.8. The molecular weight excluding hydrogens is 288 g/mol. The molecule has 1 saturated heterocycles. The summed E-state index contributed by atoms with van der Waals surface area (Å²) in [5.74, 6) is 6.58. The van der Waals surface area contributed by atoms with Gasteiger partial charge in [0.25, 0.3) is 5.69 Å². The molecular formula is C19H18N2O2. The summed E-state index contributed by atoms with van der Waals surface area (Å²) in [5, 5.41) is 10.9. The Morgan fingerprint density at radius 1 is 1.17 bits per heavy atom. The van der Waals surface area contributed by atoms with Gasteiger partial charge in [-0.1, -0.05) is 42.2 Å². The molecule has 0 amide bonds. The standard InChI is InChI=1S/C19H18N2O2/c22-21(23)19-9-4-8-17(14-19)15-20-13-5-10-18(20)12-11-16-6-2-1-3-7-16/h1-4,6-9,14,18H,5,10,13,15H2. The molecule has 0 bridgehead atoms. The molecule has 1 fully saturated rings. The molecule has 1 aliphatic heterocycles. The number of nitro groups is 1. The molecule has 4 nitrogen and oxygen atoms in total. The number of nitro benzene ring substituents is 1. The molecule has 3 rings (SSSR count). The van der Waals surface area contributed by atoms with Crippen LogP contribution in [0.3, 0.4) is 0 Å². The summed E-state index contributed by atoms with van der Waals surface area (Å²) in [6.07, 6.45) is 2.16. The molecule has 0 radical (unpaired) electrons. The lowest BCUT2D eigenvalue weighted by Crippen LogP contribution is -2.27. The summed E-state index contributed by atoms with van der Waals surface area (Å²) in [5.41, 5.74) is 2.14. The lowest BCUT2D eigenvalue weighted by atomic mass is 10.1. The normalized spacial score (nSPS) is 17.5. The third kappa shape index (κ3) is 3.97. The fourth-order valence-electron chi connectivity index (χ4n) is 2.87. The first kappa shape index (κ1) is 15.3. The van der Waals surface area contributed by atoms with E-state index in [0.29, 0.717) is 6.54 Å². The van der Waals surface area contributed by atoms with E-state index in [1.54, 1.807) is 12.1 Å². The summed E-state index contributed by atoms with van der Waals surface area (Å²) in [6.45, 7) is 1.69. The fraction of sp³-hybridized carbons (Fsp3) is 0.263. The van der Waals surface area contributed by atoms with Gasteiger partial charge in [0.2, 0.25) is 0 Å². The van der Waals surface area contributed by atoms with Crippen molar-refractivity contribution >= 4 is 5.69 Å². The highest BCUT2D eigenvalue weighted by molar-refractivity contribution is 5.36. The minimum atomic E-state index is -0.347. The number of nitrogens with zero attached hydrogens (tertiary/aromatic N) is 2. The van der Waals surface area contributed by atoms with Crippen LogP contribution < -0.4 is 0 Å². The summed E-state index contributed by atoms with van der Waals surface area (Å²) < 4.78 is 0. The largest absolute Gasteiger partial charge is 0.285 e. The highest BCUT2D eigenvalue weighted by atomic mass is 16.6. The van der Waals surface area contributed by atoms with Crippen molar-refractivity contribution in [3.05, 3.63) is 75.8 Å². The van der Waals surface area contributed by atoms with Gasteiger partial charge in [-0.15, -0.1) is 0 Å². The Balaban J connectivity index is 1.71. The average Bonchev–Trinajstić information content (AvgIpc) is 3.01. The Morgan fingerprint density at radius 3 is 2.78 bits per heavy atom. The van der Waals surface area contributed by atoms with Gasteiger partial charge in [0.05, 0.1) is 11.0 Å². The number of hydrogen-bond acceptors (Lipinski definition) is 3. The Morgan fingerprint density at radius 2 is 2.00 bits per heavy atom. The highest BCUT2D eigenvalue weighted by Crippen LogP contribution is 2.21. The van der Waals surface area contributed by atoms with Crippen LogP contribution in [0.25, 0.3) is 0 Å². The van der Waals surface area contributed by atoms with Crippen LogP contribution in [0, 0.1) is 22.0 Å². The van der Waals surface area contributed by atoms with E-state index in [4.69, 9.17) is 0 Å². The fourth-order valence-corrected chi connectivity index (χ4v) is 2.87. The third-order valence-electron chi connectivity index (χ3n) is 4.03. The Bertz CT molecular complexity index is 747. The van der Waals surface area contributed by atoms with E-state index in [-0.39, 0.29) is 16.7 Å². The number of benzene rings is 2. The van der Waals surface area contributed by atoms with Crippen LogP contribution in [0.5, 0.6) is 0 Å². The molecule has 1 heterocycles. The second-order valence-corrected chi connectivity index (χ2v) is 5.69. The van der Waals surface area contributed by atoms with Crippen LogP contribution in [0.2, 0.25) is 0 Å². The van der Waals surface area contributed by atoms with E-state index in [1.165, 1.54) is 6.07 Å². The minimum absolute atomic E-state index is 0.147. The van der Waals surface area contributed by atoms with Gasteiger partial charge in [-0.3, -0.25) is 15.0 Å². The van der Waals surface area contributed by atoms with E-state index in [2.05, 4.69) is 16.7 Å². The van der Waals surface area contributed by atoms with E-state index in [1.807, 2.05) is 36.4 Å². The lowest BCUT2D eigenvalue weighted by molar-refractivity contribution is -0.384. The SMILES string of the molecule is O=[N+]([O-])c1cccc(CN2CCCC2C#Cc2ccccc2)c1. The molecule has 0 N–H and O–H groups in total. The van der Waals surface area contributed by atoms with Crippen molar-refractivity contribution in [2.45, 2.75) is 25.4 Å². The van der Waals surface area contributed by atoms with Gasteiger partial charge in [0.1, 0.15) is 0 Å². The van der Waals surface area contributed by atoms with Crippen LogP contribution >= 0.6 is 0 Å². The predicted octanol–water partition coefficient (Wildman–Crippen LogP) is 3.61. The summed E-state index contributed by atoms with van der Waals surface area (Å²) >= 11 is 0. The maximum absolute atomic E-state index is 10.9. The second kappa shape index (κ2) is 7.08. The summed E-state index contributed by atoms with van der Waals surface area (Å²) in [4.78, 5) is 12.8. The maximum atomic E-state index is 10.9.